The molecule has 2 amide bonds. The van der Waals surface area contributed by atoms with Crippen molar-refractivity contribution in [2.75, 3.05) is 44.6 Å². The van der Waals surface area contributed by atoms with Gasteiger partial charge in [-0.2, -0.15) is 0 Å². The second-order valence-corrected chi connectivity index (χ2v) is 6.32. The summed E-state index contributed by atoms with van der Waals surface area (Å²) in [6, 6.07) is 16.9. The first kappa shape index (κ1) is 18.8. The fraction of sp³-hybridized carbons (Fsp3) is 0.333. The van der Waals surface area contributed by atoms with E-state index in [1.807, 2.05) is 55.5 Å². The Morgan fingerprint density at radius 1 is 0.926 bits per heavy atom. The van der Waals surface area contributed by atoms with E-state index in [0.717, 1.165) is 5.69 Å². The van der Waals surface area contributed by atoms with E-state index in [1.54, 1.807) is 15.9 Å². The van der Waals surface area contributed by atoms with Gasteiger partial charge in [0.1, 0.15) is 5.75 Å². The molecule has 0 bridgehead atoms. The normalized spacial score (nSPS) is 14.0. The van der Waals surface area contributed by atoms with E-state index < -0.39 is 0 Å². The molecular formula is C21H25N3O3. The Hall–Kier alpha value is -3.02. The first-order chi connectivity index (χ1) is 13.2. The van der Waals surface area contributed by atoms with Crippen molar-refractivity contribution in [2.24, 2.45) is 0 Å². The van der Waals surface area contributed by atoms with Crippen LogP contribution in [-0.2, 0) is 4.79 Å². The molecule has 0 saturated carbocycles. The van der Waals surface area contributed by atoms with Crippen LogP contribution in [0.2, 0.25) is 0 Å². The molecule has 3 rings (SSSR count). The van der Waals surface area contributed by atoms with Crippen molar-refractivity contribution < 1.29 is 14.3 Å². The minimum Gasteiger partial charge on any atom is -0.493 e. The highest BCUT2D eigenvalue weighted by Crippen LogP contribution is 2.20. The minimum absolute atomic E-state index is 0.0423. The number of hydrogen-bond donors (Lipinski definition) is 1. The molecule has 2 aromatic carbocycles. The summed E-state index contributed by atoms with van der Waals surface area (Å²) in [5, 5.41) is 3.13. The summed E-state index contributed by atoms with van der Waals surface area (Å²) in [5.74, 6) is 0.602. The molecule has 0 aliphatic carbocycles. The lowest BCUT2D eigenvalue weighted by Gasteiger charge is -2.35. The molecule has 27 heavy (non-hydrogen) atoms. The Balaban J connectivity index is 1.52. The Morgan fingerprint density at radius 3 is 2.26 bits per heavy atom. The number of nitrogens with one attached hydrogen (secondary N) is 1. The predicted molar refractivity (Wildman–Crippen MR) is 105 cm³/mol. The topological polar surface area (TPSA) is 61.9 Å². The summed E-state index contributed by atoms with van der Waals surface area (Å²) in [5.41, 5.74) is 1.50. The molecule has 1 N–H and O–H groups in total. The summed E-state index contributed by atoms with van der Waals surface area (Å²) < 4.78 is 5.56. The van der Waals surface area contributed by atoms with Crippen LogP contribution in [0.3, 0.4) is 0 Å². The molecular weight excluding hydrogens is 342 g/mol. The van der Waals surface area contributed by atoms with Crippen LogP contribution in [0, 0.1) is 0 Å². The number of anilines is 1. The number of rotatable bonds is 6. The number of nitrogens with zero attached hydrogens (tertiary/aromatic N) is 2. The third kappa shape index (κ3) is 4.78. The fourth-order valence-corrected chi connectivity index (χ4v) is 3.10. The van der Waals surface area contributed by atoms with Gasteiger partial charge in [-0.3, -0.25) is 9.59 Å². The average molecular weight is 367 g/mol. The van der Waals surface area contributed by atoms with Crippen LogP contribution in [-0.4, -0.2) is 60.9 Å². The molecule has 0 radical (unpaired) electrons. The maximum atomic E-state index is 12.8. The third-order valence-electron chi connectivity index (χ3n) is 4.55. The van der Waals surface area contributed by atoms with Crippen LogP contribution in [0.1, 0.15) is 17.3 Å². The van der Waals surface area contributed by atoms with Gasteiger partial charge < -0.3 is 19.9 Å². The van der Waals surface area contributed by atoms with E-state index in [-0.39, 0.29) is 18.4 Å². The lowest BCUT2D eigenvalue weighted by atomic mass is 10.1. The van der Waals surface area contributed by atoms with E-state index in [1.165, 1.54) is 0 Å². The van der Waals surface area contributed by atoms with Crippen LogP contribution in [0.15, 0.2) is 54.6 Å². The standard InChI is InChI=1S/C21H25N3O3/c1-2-27-19-11-7-6-10-18(19)21(26)24-14-12-23(13-15-24)20(25)16-22-17-8-4-3-5-9-17/h3-11,22H,2,12-16H2,1H3. The van der Waals surface area contributed by atoms with Crippen LogP contribution >= 0.6 is 0 Å². The van der Waals surface area contributed by atoms with Gasteiger partial charge in [-0.25, -0.2) is 0 Å². The Bertz CT molecular complexity index is 771. The van der Waals surface area contributed by atoms with Gasteiger partial charge in [-0.1, -0.05) is 30.3 Å². The second kappa shape index (κ2) is 9.07. The van der Waals surface area contributed by atoms with Crippen molar-refractivity contribution in [3.8, 4) is 5.75 Å². The van der Waals surface area contributed by atoms with Gasteiger partial charge in [0.25, 0.3) is 5.91 Å². The van der Waals surface area contributed by atoms with Crippen LogP contribution in [0.4, 0.5) is 5.69 Å². The number of para-hydroxylation sites is 2. The van der Waals surface area contributed by atoms with Gasteiger partial charge in [0.15, 0.2) is 0 Å². The molecule has 0 aromatic heterocycles. The number of benzene rings is 2. The second-order valence-electron chi connectivity index (χ2n) is 6.32. The highest BCUT2D eigenvalue weighted by molar-refractivity contribution is 5.97. The van der Waals surface area contributed by atoms with Crippen LogP contribution in [0.25, 0.3) is 0 Å². The highest BCUT2D eigenvalue weighted by atomic mass is 16.5. The number of hydrogen-bond acceptors (Lipinski definition) is 4. The zero-order valence-corrected chi connectivity index (χ0v) is 15.6. The van der Waals surface area contributed by atoms with Gasteiger partial charge in [0.05, 0.1) is 18.7 Å². The summed E-state index contributed by atoms with van der Waals surface area (Å²) in [6.07, 6.45) is 0. The van der Waals surface area contributed by atoms with Crippen molar-refractivity contribution in [2.45, 2.75) is 6.92 Å². The largest absolute Gasteiger partial charge is 0.493 e. The Kier molecular flexibility index (Phi) is 6.30. The number of ether oxygens (including phenoxy) is 1. The van der Waals surface area contributed by atoms with Gasteiger partial charge in [0, 0.05) is 31.9 Å². The SMILES string of the molecule is CCOc1ccccc1C(=O)N1CCN(C(=O)CNc2ccccc2)CC1. The monoisotopic (exact) mass is 367 g/mol. The van der Waals surface area contributed by atoms with Gasteiger partial charge in [-0.05, 0) is 31.2 Å². The number of amides is 2. The van der Waals surface area contributed by atoms with Crippen LogP contribution < -0.4 is 10.1 Å². The highest BCUT2D eigenvalue weighted by Gasteiger charge is 2.26. The predicted octanol–water partition coefficient (Wildman–Crippen LogP) is 2.48. The molecule has 0 unspecified atom stereocenters. The van der Waals surface area contributed by atoms with E-state index >= 15 is 0 Å². The molecule has 1 aliphatic rings. The number of piperazine rings is 1. The molecule has 6 heteroatoms. The zero-order chi connectivity index (χ0) is 19.1. The van der Waals surface area contributed by atoms with Gasteiger partial charge in [-0.15, -0.1) is 0 Å². The Labute approximate surface area is 159 Å². The Morgan fingerprint density at radius 2 is 1.56 bits per heavy atom. The van der Waals surface area contributed by atoms with E-state index in [9.17, 15) is 9.59 Å². The first-order valence-corrected chi connectivity index (χ1v) is 9.27. The van der Waals surface area contributed by atoms with E-state index in [4.69, 9.17) is 4.74 Å². The molecule has 1 saturated heterocycles. The van der Waals surface area contributed by atoms with Crippen molar-refractivity contribution in [1.29, 1.82) is 0 Å². The molecule has 1 fully saturated rings. The summed E-state index contributed by atoms with van der Waals surface area (Å²) in [6.45, 7) is 4.80. The van der Waals surface area contributed by atoms with Crippen molar-refractivity contribution in [3.63, 3.8) is 0 Å². The lowest BCUT2D eigenvalue weighted by molar-refractivity contribution is -0.130. The summed E-state index contributed by atoms with van der Waals surface area (Å²) >= 11 is 0. The maximum Gasteiger partial charge on any atom is 0.257 e. The molecule has 6 nitrogen and oxygen atoms in total. The molecule has 0 atom stereocenters. The molecule has 1 heterocycles. The first-order valence-electron chi connectivity index (χ1n) is 9.27. The van der Waals surface area contributed by atoms with Gasteiger partial charge >= 0.3 is 0 Å². The van der Waals surface area contributed by atoms with Crippen LogP contribution in [0.5, 0.6) is 5.75 Å². The number of carbonyl (C=O) groups excluding carboxylic acids is 2. The summed E-state index contributed by atoms with van der Waals surface area (Å²) in [7, 11) is 0. The molecule has 142 valence electrons. The molecule has 2 aromatic rings. The molecule has 0 spiro atoms. The zero-order valence-electron chi connectivity index (χ0n) is 15.6. The van der Waals surface area contributed by atoms with E-state index in [2.05, 4.69) is 5.32 Å². The minimum atomic E-state index is -0.0476. The smallest absolute Gasteiger partial charge is 0.257 e. The summed E-state index contributed by atoms with van der Waals surface area (Å²) in [4.78, 5) is 28.8. The fourth-order valence-electron chi connectivity index (χ4n) is 3.10. The molecule has 1 aliphatic heterocycles. The number of carbonyl (C=O) groups is 2. The van der Waals surface area contributed by atoms with Crippen molar-refractivity contribution in [1.82, 2.24) is 9.80 Å². The van der Waals surface area contributed by atoms with Crippen molar-refractivity contribution >= 4 is 17.5 Å². The van der Waals surface area contributed by atoms with Crippen molar-refractivity contribution in [3.05, 3.63) is 60.2 Å². The average Bonchev–Trinajstić information content (AvgIpc) is 2.73. The maximum absolute atomic E-state index is 12.8. The lowest BCUT2D eigenvalue weighted by Crippen LogP contribution is -2.51. The quantitative estimate of drug-likeness (QED) is 0.852. The van der Waals surface area contributed by atoms with E-state index in [0.29, 0.717) is 44.1 Å². The van der Waals surface area contributed by atoms with Gasteiger partial charge in [0.2, 0.25) is 5.91 Å². The third-order valence-corrected chi connectivity index (χ3v) is 4.55.